The quantitative estimate of drug-likeness (QED) is 0.322. The van der Waals surface area contributed by atoms with Gasteiger partial charge in [-0.2, -0.15) is 0 Å². The first-order valence-corrected chi connectivity index (χ1v) is 11.4. The van der Waals surface area contributed by atoms with Crippen molar-refractivity contribution in [2.45, 2.75) is 59.1 Å². The van der Waals surface area contributed by atoms with E-state index in [2.05, 4.69) is 10.3 Å². The van der Waals surface area contributed by atoms with Crippen molar-refractivity contribution in [2.24, 2.45) is 0 Å². The average molecular weight is 469 g/mol. The molecule has 3 rings (SSSR count). The van der Waals surface area contributed by atoms with Crippen molar-refractivity contribution in [1.29, 1.82) is 0 Å². The molecule has 182 valence electrons. The molecule has 1 atom stereocenters. The van der Waals surface area contributed by atoms with E-state index in [4.69, 9.17) is 19.0 Å². The molecule has 0 aliphatic rings. The Morgan fingerprint density at radius 3 is 2.59 bits per heavy atom. The molecule has 0 fully saturated rings. The van der Waals surface area contributed by atoms with Gasteiger partial charge in [-0.25, -0.2) is 4.98 Å². The van der Waals surface area contributed by atoms with Gasteiger partial charge in [0.1, 0.15) is 11.5 Å². The third-order valence-electron chi connectivity index (χ3n) is 5.18. The van der Waals surface area contributed by atoms with Gasteiger partial charge in [0.25, 0.3) is 0 Å². The molecule has 0 saturated heterocycles. The van der Waals surface area contributed by atoms with Gasteiger partial charge in [0, 0.05) is 24.4 Å². The summed E-state index contributed by atoms with van der Waals surface area (Å²) in [5.41, 5.74) is 3.37. The van der Waals surface area contributed by atoms with Crippen LogP contribution in [0.5, 0.6) is 5.75 Å². The fourth-order valence-electron chi connectivity index (χ4n) is 3.44. The molecule has 0 saturated carbocycles. The Labute approximate surface area is 199 Å². The van der Waals surface area contributed by atoms with Crippen LogP contribution in [0.2, 0.25) is 0 Å². The van der Waals surface area contributed by atoms with Crippen molar-refractivity contribution in [3.05, 3.63) is 71.1 Å². The van der Waals surface area contributed by atoms with Gasteiger partial charge < -0.3 is 24.1 Å². The average Bonchev–Trinajstić information content (AvgIpc) is 3.17. The van der Waals surface area contributed by atoms with E-state index in [1.807, 2.05) is 69.3 Å². The van der Waals surface area contributed by atoms with Gasteiger partial charge in [0.15, 0.2) is 0 Å². The Kier molecular flexibility index (Phi) is 9.21. The zero-order valence-electron chi connectivity index (χ0n) is 19.8. The number of carboxylic acids is 1. The SMILES string of the molecule is Cc1oc(-c2ccccc2)nc1CCOc1ccc(CCC(=O)O)c(COC(O)NC(C)C)c1. The zero-order chi connectivity index (χ0) is 24.5. The number of rotatable bonds is 13. The maximum absolute atomic E-state index is 11.0. The fraction of sp³-hybridized carbons (Fsp3) is 0.385. The summed E-state index contributed by atoms with van der Waals surface area (Å²) in [5.74, 6) is 1.11. The summed E-state index contributed by atoms with van der Waals surface area (Å²) in [4.78, 5) is 15.6. The lowest BCUT2D eigenvalue weighted by Crippen LogP contribution is -2.36. The standard InChI is InChI=1S/C26H32N2O6/c1-17(2)27-26(31)33-16-21-15-22(11-9-19(21)10-12-24(29)30)32-14-13-23-18(3)34-25(28-23)20-7-5-4-6-8-20/h4-9,11,15,17,26-27,31H,10,12-14,16H2,1-3H3,(H,29,30). The van der Waals surface area contributed by atoms with Gasteiger partial charge in [-0.15, -0.1) is 0 Å². The number of aliphatic hydroxyl groups is 1. The monoisotopic (exact) mass is 468 g/mol. The number of hydrogen-bond donors (Lipinski definition) is 3. The Bertz CT molecular complexity index is 1060. The van der Waals surface area contributed by atoms with E-state index in [0.29, 0.717) is 31.1 Å². The summed E-state index contributed by atoms with van der Waals surface area (Å²) in [6.45, 7) is 6.21. The number of aromatic nitrogens is 1. The van der Waals surface area contributed by atoms with Crippen LogP contribution in [0.3, 0.4) is 0 Å². The summed E-state index contributed by atoms with van der Waals surface area (Å²) in [6, 6.07) is 15.3. The predicted octanol–water partition coefficient (Wildman–Crippen LogP) is 4.08. The van der Waals surface area contributed by atoms with Crippen LogP contribution in [0.15, 0.2) is 52.9 Å². The molecule has 0 aliphatic carbocycles. The highest BCUT2D eigenvalue weighted by Gasteiger charge is 2.13. The van der Waals surface area contributed by atoms with E-state index in [1.54, 1.807) is 0 Å². The van der Waals surface area contributed by atoms with E-state index < -0.39 is 12.4 Å². The van der Waals surface area contributed by atoms with E-state index in [1.165, 1.54) is 0 Å². The van der Waals surface area contributed by atoms with Crippen LogP contribution in [0.1, 0.15) is 42.8 Å². The molecule has 1 heterocycles. The van der Waals surface area contributed by atoms with Gasteiger partial charge in [-0.3, -0.25) is 10.1 Å². The molecule has 0 aliphatic heterocycles. The van der Waals surface area contributed by atoms with Crippen LogP contribution < -0.4 is 10.1 Å². The largest absolute Gasteiger partial charge is 0.493 e. The maximum Gasteiger partial charge on any atom is 0.303 e. The number of carboxylic acid groups (broad SMARTS) is 1. The zero-order valence-corrected chi connectivity index (χ0v) is 19.8. The van der Waals surface area contributed by atoms with Gasteiger partial charge in [-0.05, 0) is 62.6 Å². The summed E-state index contributed by atoms with van der Waals surface area (Å²) < 4.78 is 17.2. The number of nitrogens with one attached hydrogen (secondary N) is 1. The highest BCUT2D eigenvalue weighted by molar-refractivity contribution is 5.67. The molecular formula is C26H32N2O6. The summed E-state index contributed by atoms with van der Waals surface area (Å²) in [7, 11) is 0. The van der Waals surface area contributed by atoms with Crippen molar-refractivity contribution in [3.8, 4) is 17.2 Å². The number of ether oxygens (including phenoxy) is 2. The topological polar surface area (TPSA) is 114 Å². The molecular weight excluding hydrogens is 436 g/mol. The van der Waals surface area contributed by atoms with Crippen LogP contribution >= 0.6 is 0 Å². The summed E-state index contributed by atoms with van der Waals surface area (Å²) in [5, 5.41) is 21.9. The molecule has 8 nitrogen and oxygen atoms in total. The lowest BCUT2D eigenvalue weighted by atomic mass is 10.0. The molecule has 3 N–H and O–H groups in total. The van der Waals surface area contributed by atoms with Crippen LogP contribution in [-0.4, -0.2) is 40.2 Å². The molecule has 0 bridgehead atoms. The Hall–Kier alpha value is -3.20. The van der Waals surface area contributed by atoms with Gasteiger partial charge in [0.05, 0.1) is 18.9 Å². The lowest BCUT2D eigenvalue weighted by Gasteiger charge is -2.18. The number of oxazole rings is 1. The minimum absolute atomic E-state index is 0.00911. The van der Waals surface area contributed by atoms with Crippen molar-refractivity contribution >= 4 is 5.97 Å². The third-order valence-corrected chi connectivity index (χ3v) is 5.18. The van der Waals surface area contributed by atoms with Crippen molar-refractivity contribution in [3.63, 3.8) is 0 Å². The van der Waals surface area contributed by atoms with Crippen molar-refractivity contribution < 1.29 is 28.9 Å². The second-order valence-electron chi connectivity index (χ2n) is 8.30. The molecule has 2 aromatic carbocycles. The number of aliphatic hydroxyl groups excluding tert-OH is 1. The molecule has 8 heteroatoms. The summed E-state index contributed by atoms with van der Waals surface area (Å²) >= 11 is 0. The van der Waals surface area contributed by atoms with Crippen molar-refractivity contribution in [2.75, 3.05) is 6.61 Å². The molecule has 1 unspecified atom stereocenters. The molecule has 0 radical (unpaired) electrons. The smallest absolute Gasteiger partial charge is 0.303 e. The Balaban J connectivity index is 1.63. The number of nitrogens with zero attached hydrogens (tertiary/aromatic N) is 1. The van der Waals surface area contributed by atoms with E-state index >= 15 is 0 Å². The van der Waals surface area contributed by atoms with Crippen LogP contribution in [0.25, 0.3) is 11.5 Å². The number of aliphatic carboxylic acids is 1. The van der Waals surface area contributed by atoms with Gasteiger partial charge in [-0.1, -0.05) is 24.3 Å². The minimum atomic E-state index is -1.12. The summed E-state index contributed by atoms with van der Waals surface area (Å²) in [6.07, 6.45) is -0.172. The number of hydrogen-bond acceptors (Lipinski definition) is 7. The van der Waals surface area contributed by atoms with E-state index in [-0.39, 0.29) is 19.1 Å². The first kappa shape index (κ1) is 25.4. The van der Waals surface area contributed by atoms with Gasteiger partial charge in [0.2, 0.25) is 12.3 Å². The first-order chi connectivity index (χ1) is 16.3. The highest BCUT2D eigenvalue weighted by Crippen LogP contribution is 2.23. The van der Waals surface area contributed by atoms with E-state index in [9.17, 15) is 9.90 Å². The normalized spacial score (nSPS) is 12.1. The van der Waals surface area contributed by atoms with Crippen LogP contribution in [0, 0.1) is 6.92 Å². The molecule has 0 amide bonds. The molecule has 1 aromatic heterocycles. The maximum atomic E-state index is 11.0. The lowest BCUT2D eigenvalue weighted by molar-refractivity contribution is -0.137. The molecule has 3 aromatic rings. The minimum Gasteiger partial charge on any atom is -0.493 e. The molecule has 34 heavy (non-hydrogen) atoms. The second kappa shape index (κ2) is 12.3. The number of aryl methyl sites for hydroxylation is 2. The molecule has 0 spiro atoms. The van der Waals surface area contributed by atoms with Crippen LogP contribution in [0.4, 0.5) is 0 Å². The predicted molar refractivity (Wildman–Crippen MR) is 127 cm³/mol. The Morgan fingerprint density at radius 1 is 1.12 bits per heavy atom. The Morgan fingerprint density at radius 2 is 1.88 bits per heavy atom. The third kappa shape index (κ3) is 7.69. The van der Waals surface area contributed by atoms with Crippen molar-refractivity contribution in [1.82, 2.24) is 10.3 Å². The number of benzene rings is 2. The fourth-order valence-corrected chi connectivity index (χ4v) is 3.44. The second-order valence-corrected chi connectivity index (χ2v) is 8.30. The first-order valence-electron chi connectivity index (χ1n) is 11.4. The van der Waals surface area contributed by atoms with E-state index in [0.717, 1.165) is 28.1 Å². The van der Waals surface area contributed by atoms with Gasteiger partial charge >= 0.3 is 5.97 Å². The van der Waals surface area contributed by atoms with Crippen LogP contribution in [-0.2, 0) is 29.0 Å². The highest BCUT2D eigenvalue weighted by atomic mass is 16.6. The number of carbonyl (C=O) groups is 1.